The molecule has 0 saturated heterocycles. The molecule has 0 saturated carbocycles. The lowest BCUT2D eigenvalue weighted by molar-refractivity contribution is 1.11. The highest BCUT2D eigenvalue weighted by molar-refractivity contribution is 14.1. The van der Waals surface area contributed by atoms with Crippen molar-refractivity contribution in [3.63, 3.8) is 0 Å². The Morgan fingerprint density at radius 2 is 2.29 bits per heavy atom. The summed E-state index contributed by atoms with van der Waals surface area (Å²) in [5.74, 6) is 0.601. The number of H-pyrrole nitrogens is 1. The lowest BCUT2D eigenvalue weighted by Crippen LogP contribution is -2.11. The Hall–Kier alpha value is -0.210. The van der Waals surface area contributed by atoms with Crippen LogP contribution in [0.5, 0.6) is 0 Å². The van der Waals surface area contributed by atoms with Crippen LogP contribution in [0.15, 0.2) is 26.2 Å². The summed E-state index contributed by atoms with van der Waals surface area (Å²) < 4.78 is 1.55. The van der Waals surface area contributed by atoms with Crippen LogP contribution in [0.1, 0.15) is 0 Å². The lowest BCUT2D eigenvalue weighted by Gasteiger charge is -1.97. The first-order valence-electron chi connectivity index (χ1n) is 3.65. The number of thiophene rings is 1. The minimum absolute atomic E-state index is 0.103. The summed E-state index contributed by atoms with van der Waals surface area (Å²) in [5.41, 5.74) is 0.817. The maximum atomic E-state index is 11.3. The number of hydrogen-bond acceptors (Lipinski definition) is 3. The Morgan fingerprint density at radius 1 is 1.50 bits per heavy atom. The maximum Gasteiger partial charge on any atom is 0.264 e. The predicted octanol–water partition coefficient (Wildman–Crippen LogP) is 2.87. The topological polar surface area (TPSA) is 45.8 Å². The number of aromatic amines is 1. The molecule has 0 bridgehead atoms. The second kappa shape index (κ2) is 4.11. The first-order valence-corrected chi connectivity index (χ1v) is 6.47. The summed E-state index contributed by atoms with van der Waals surface area (Å²) in [6, 6.07) is 0. The quantitative estimate of drug-likeness (QED) is 0.771. The largest absolute Gasteiger partial charge is 0.306 e. The zero-order valence-corrected chi connectivity index (χ0v) is 11.3. The summed E-state index contributed by atoms with van der Waals surface area (Å²) in [4.78, 5) is 18.2. The number of rotatable bonds is 1. The molecule has 0 amide bonds. The summed E-state index contributed by atoms with van der Waals surface area (Å²) in [7, 11) is 0. The highest BCUT2D eigenvalue weighted by Crippen LogP contribution is 2.28. The minimum atomic E-state index is -0.103. The number of nitrogens with one attached hydrogen (secondary N) is 1. The highest BCUT2D eigenvalue weighted by atomic mass is 127. The van der Waals surface area contributed by atoms with Gasteiger partial charge in [-0.25, -0.2) is 4.98 Å². The van der Waals surface area contributed by atoms with E-state index in [0.29, 0.717) is 9.39 Å². The first kappa shape index (κ1) is 10.3. The van der Waals surface area contributed by atoms with Crippen molar-refractivity contribution in [3.05, 3.63) is 35.4 Å². The zero-order valence-electron chi connectivity index (χ0n) is 6.75. The molecule has 2 heterocycles. The lowest BCUT2D eigenvalue weighted by atomic mass is 10.3. The summed E-state index contributed by atoms with van der Waals surface area (Å²) >= 11 is 6.91. The standard InChI is InChI=1S/C8H4BrIN2OS/c9-5-3-14-2-4(5)7-11-1-6(10)8(13)12-7/h1-3H,(H,11,12,13). The van der Waals surface area contributed by atoms with Gasteiger partial charge in [-0.1, -0.05) is 0 Å². The van der Waals surface area contributed by atoms with Gasteiger partial charge in [0.05, 0.1) is 3.57 Å². The van der Waals surface area contributed by atoms with Crippen LogP contribution < -0.4 is 5.56 Å². The zero-order chi connectivity index (χ0) is 10.1. The highest BCUT2D eigenvalue weighted by Gasteiger charge is 2.07. The van der Waals surface area contributed by atoms with Gasteiger partial charge in [-0.05, 0) is 38.5 Å². The summed E-state index contributed by atoms with van der Waals surface area (Å²) in [5, 5.41) is 3.89. The van der Waals surface area contributed by atoms with E-state index < -0.39 is 0 Å². The molecule has 6 heteroatoms. The molecule has 2 rings (SSSR count). The van der Waals surface area contributed by atoms with E-state index in [4.69, 9.17) is 0 Å². The number of nitrogens with zero attached hydrogens (tertiary/aromatic N) is 1. The average Bonchev–Trinajstić information content (AvgIpc) is 2.57. The molecule has 2 aromatic heterocycles. The Bertz CT molecular complexity index is 522. The van der Waals surface area contributed by atoms with E-state index in [-0.39, 0.29) is 5.56 Å². The van der Waals surface area contributed by atoms with E-state index in [2.05, 4.69) is 25.9 Å². The second-order valence-electron chi connectivity index (χ2n) is 2.54. The molecule has 3 nitrogen and oxygen atoms in total. The van der Waals surface area contributed by atoms with E-state index >= 15 is 0 Å². The summed E-state index contributed by atoms with van der Waals surface area (Å²) in [6.45, 7) is 0. The van der Waals surface area contributed by atoms with Crippen molar-refractivity contribution in [3.8, 4) is 11.4 Å². The molecule has 0 aliphatic carbocycles. The van der Waals surface area contributed by atoms with Crippen LogP contribution in [0.2, 0.25) is 0 Å². The van der Waals surface area contributed by atoms with Crippen LogP contribution in [-0.4, -0.2) is 9.97 Å². The van der Waals surface area contributed by atoms with E-state index in [1.807, 2.05) is 33.4 Å². The van der Waals surface area contributed by atoms with Gasteiger partial charge < -0.3 is 4.98 Å². The summed E-state index contributed by atoms with van der Waals surface area (Å²) in [6.07, 6.45) is 1.57. The van der Waals surface area contributed by atoms with Gasteiger partial charge in [0.15, 0.2) is 0 Å². The van der Waals surface area contributed by atoms with Gasteiger partial charge in [0.2, 0.25) is 0 Å². The molecule has 72 valence electrons. The molecule has 0 atom stereocenters. The molecule has 0 fully saturated rings. The first-order chi connectivity index (χ1) is 6.68. The van der Waals surface area contributed by atoms with E-state index in [1.165, 1.54) is 0 Å². The second-order valence-corrected chi connectivity index (χ2v) is 5.30. The van der Waals surface area contributed by atoms with Crippen LogP contribution in [-0.2, 0) is 0 Å². The third-order valence-corrected chi connectivity index (χ3v) is 4.10. The molecule has 0 radical (unpaired) electrons. The number of halogens is 2. The molecular formula is C8H4BrIN2OS. The van der Waals surface area contributed by atoms with Gasteiger partial charge in [-0.15, -0.1) is 0 Å². The molecule has 0 unspecified atom stereocenters. The number of hydrogen-bond donors (Lipinski definition) is 1. The van der Waals surface area contributed by atoms with Gasteiger partial charge in [0, 0.05) is 27.0 Å². The SMILES string of the molecule is O=c1[nH]c(-c2cscc2Br)ncc1I. The normalized spacial score (nSPS) is 10.4. The molecule has 2 aromatic rings. The number of aromatic nitrogens is 2. The van der Waals surface area contributed by atoms with Gasteiger partial charge in [0.25, 0.3) is 5.56 Å². The van der Waals surface area contributed by atoms with Gasteiger partial charge in [-0.3, -0.25) is 4.79 Å². The van der Waals surface area contributed by atoms with Crippen molar-refractivity contribution < 1.29 is 0 Å². The van der Waals surface area contributed by atoms with E-state index in [0.717, 1.165) is 10.0 Å². The average molecular weight is 383 g/mol. The van der Waals surface area contributed by atoms with Crippen LogP contribution in [0, 0.1) is 3.57 Å². The van der Waals surface area contributed by atoms with Gasteiger partial charge >= 0.3 is 0 Å². The Balaban J connectivity index is 2.59. The van der Waals surface area contributed by atoms with Crippen molar-refractivity contribution in [2.75, 3.05) is 0 Å². The maximum absolute atomic E-state index is 11.3. The van der Waals surface area contributed by atoms with Crippen molar-refractivity contribution in [2.24, 2.45) is 0 Å². The van der Waals surface area contributed by atoms with Crippen molar-refractivity contribution >= 4 is 49.9 Å². The van der Waals surface area contributed by atoms with Crippen molar-refractivity contribution in [2.45, 2.75) is 0 Å². The molecule has 14 heavy (non-hydrogen) atoms. The van der Waals surface area contributed by atoms with Crippen LogP contribution in [0.25, 0.3) is 11.4 Å². The minimum Gasteiger partial charge on any atom is -0.306 e. The molecule has 0 aliphatic heterocycles. The predicted molar refractivity (Wildman–Crippen MR) is 68.6 cm³/mol. The fraction of sp³-hybridized carbons (Fsp3) is 0. The van der Waals surface area contributed by atoms with Crippen LogP contribution in [0.3, 0.4) is 0 Å². The van der Waals surface area contributed by atoms with Crippen molar-refractivity contribution in [1.82, 2.24) is 9.97 Å². The molecule has 0 aromatic carbocycles. The van der Waals surface area contributed by atoms with Gasteiger partial charge in [-0.2, -0.15) is 11.3 Å². The molecule has 0 spiro atoms. The smallest absolute Gasteiger partial charge is 0.264 e. The molecule has 0 aliphatic rings. The van der Waals surface area contributed by atoms with E-state index in [1.54, 1.807) is 17.5 Å². The third-order valence-electron chi connectivity index (χ3n) is 1.63. The Kier molecular flexibility index (Phi) is 3.03. The van der Waals surface area contributed by atoms with Crippen LogP contribution in [0.4, 0.5) is 0 Å². The molecule has 1 N–H and O–H groups in total. The fourth-order valence-electron chi connectivity index (χ4n) is 0.967. The molecular weight excluding hydrogens is 379 g/mol. The van der Waals surface area contributed by atoms with E-state index in [9.17, 15) is 4.79 Å². The van der Waals surface area contributed by atoms with Gasteiger partial charge in [0.1, 0.15) is 5.82 Å². The van der Waals surface area contributed by atoms with Crippen molar-refractivity contribution in [1.29, 1.82) is 0 Å². The third kappa shape index (κ3) is 1.91. The Labute approximate surface area is 106 Å². The monoisotopic (exact) mass is 382 g/mol. The fourth-order valence-corrected chi connectivity index (χ4v) is 2.71. The van der Waals surface area contributed by atoms with Crippen LogP contribution >= 0.6 is 49.9 Å². The Morgan fingerprint density at radius 3 is 2.86 bits per heavy atom.